The highest BCUT2D eigenvalue weighted by Crippen LogP contribution is 2.18. The van der Waals surface area contributed by atoms with Crippen molar-refractivity contribution in [3.8, 4) is 0 Å². The molecule has 1 amide bonds. The molecule has 0 aliphatic heterocycles. The first-order valence-corrected chi connectivity index (χ1v) is 9.82. The fourth-order valence-electron chi connectivity index (χ4n) is 2.62. The molecule has 26 heavy (non-hydrogen) atoms. The average Bonchev–Trinajstić information content (AvgIpc) is 3.17. The largest absolute Gasteiger partial charge is 0.467 e. The number of nitrogens with one attached hydrogen (secondary N) is 1. The van der Waals surface area contributed by atoms with Crippen LogP contribution in [0.25, 0.3) is 0 Å². The van der Waals surface area contributed by atoms with Crippen LogP contribution in [0.5, 0.6) is 0 Å². The summed E-state index contributed by atoms with van der Waals surface area (Å²) in [6.45, 7) is 1.82. The van der Waals surface area contributed by atoms with Crippen molar-refractivity contribution in [2.75, 3.05) is 0 Å². The van der Waals surface area contributed by atoms with E-state index in [1.54, 1.807) is 73.0 Å². The van der Waals surface area contributed by atoms with Gasteiger partial charge in [-0.05, 0) is 48.9 Å². The molecular formula is C20H19NO4S. The summed E-state index contributed by atoms with van der Waals surface area (Å²) in [6, 6.07) is 18.2. The number of carbonyl (C=O) groups excluding carboxylic acids is 1. The number of hydrogen-bond acceptors (Lipinski definition) is 4. The van der Waals surface area contributed by atoms with E-state index < -0.39 is 9.84 Å². The van der Waals surface area contributed by atoms with Gasteiger partial charge in [0.1, 0.15) is 5.76 Å². The molecule has 2 aromatic carbocycles. The zero-order valence-electron chi connectivity index (χ0n) is 14.3. The number of hydrogen-bond donors (Lipinski definition) is 1. The second-order valence-electron chi connectivity index (χ2n) is 5.98. The molecule has 1 atom stereocenters. The monoisotopic (exact) mass is 369 g/mol. The summed E-state index contributed by atoms with van der Waals surface area (Å²) in [5.41, 5.74) is 0.969. The van der Waals surface area contributed by atoms with Crippen LogP contribution in [0.1, 0.15) is 34.6 Å². The van der Waals surface area contributed by atoms with E-state index in [4.69, 9.17) is 4.42 Å². The zero-order valence-corrected chi connectivity index (χ0v) is 15.1. The van der Waals surface area contributed by atoms with Gasteiger partial charge in [-0.2, -0.15) is 0 Å². The van der Waals surface area contributed by atoms with Gasteiger partial charge in [0, 0.05) is 5.56 Å². The van der Waals surface area contributed by atoms with Crippen molar-refractivity contribution in [2.24, 2.45) is 0 Å². The average molecular weight is 369 g/mol. The van der Waals surface area contributed by atoms with Crippen molar-refractivity contribution in [2.45, 2.75) is 23.6 Å². The quantitative estimate of drug-likeness (QED) is 0.718. The van der Waals surface area contributed by atoms with Crippen molar-refractivity contribution in [1.29, 1.82) is 0 Å². The number of furan rings is 1. The number of carbonyl (C=O) groups is 1. The molecule has 1 N–H and O–H groups in total. The zero-order chi connectivity index (χ0) is 18.6. The van der Waals surface area contributed by atoms with Gasteiger partial charge in [0.05, 0.1) is 23.0 Å². The molecular weight excluding hydrogens is 350 g/mol. The SMILES string of the molecule is CC(NC(=O)c1cccc(CS(=O)(=O)c2ccccc2)c1)c1ccco1. The lowest BCUT2D eigenvalue weighted by Crippen LogP contribution is -2.26. The highest BCUT2D eigenvalue weighted by atomic mass is 32.2. The summed E-state index contributed by atoms with van der Waals surface area (Å²) in [6.07, 6.45) is 1.55. The van der Waals surface area contributed by atoms with E-state index in [1.807, 2.05) is 6.92 Å². The Balaban J connectivity index is 1.75. The molecule has 3 aromatic rings. The summed E-state index contributed by atoms with van der Waals surface area (Å²) in [5.74, 6) is 0.209. The van der Waals surface area contributed by atoms with Crippen molar-refractivity contribution in [3.05, 3.63) is 89.9 Å². The van der Waals surface area contributed by atoms with Crippen molar-refractivity contribution in [1.82, 2.24) is 5.32 Å². The third-order valence-corrected chi connectivity index (χ3v) is 5.67. The molecule has 1 heterocycles. The second-order valence-corrected chi connectivity index (χ2v) is 7.97. The Morgan fingerprint density at radius 1 is 1.04 bits per heavy atom. The minimum absolute atomic E-state index is 0.161. The lowest BCUT2D eigenvalue weighted by Gasteiger charge is -2.12. The minimum Gasteiger partial charge on any atom is -0.467 e. The maximum absolute atomic E-state index is 12.5. The predicted molar refractivity (Wildman–Crippen MR) is 98.4 cm³/mol. The van der Waals surface area contributed by atoms with Crippen molar-refractivity contribution in [3.63, 3.8) is 0 Å². The van der Waals surface area contributed by atoms with Gasteiger partial charge < -0.3 is 9.73 Å². The van der Waals surface area contributed by atoms with E-state index in [2.05, 4.69) is 5.32 Å². The molecule has 3 rings (SSSR count). The Morgan fingerprint density at radius 3 is 2.50 bits per heavy atom. The van der Waals surface area contributed by atoms with Crippen LogP contribution in [-0.4, -0.2) is 14.3 Å². The van der Waals surface area contributed by atoms with Crippen LogP contribution in [0, 0.1) is 0 Å². The normalized spacial score (nSPS) is 12.5. The van der Waals surface area contributed by atoms with E-state index in [0.717, 1.165) is 0 Å². The van der Waals surface area contributed by atoms with Crippen LogP contribution < -0.4 is 5.32 Å². The first-order chi connectivity index (χ1) is 12.5. The van der Waals surface area contributed by atoms with Gasteiger partial charge in [-0.3, -0.25) is 4.79 Å². The van der Waals surface area contributed by atoms with Crippen LogP contribution in [0.4, 0.5) is 0 Å². The van der Waals surface area contributed by atoms with Gasteiger partial charge in [0.2, 0.25) is 0 Å². The summed E-state index contributed by atoms with van der Waals surface area (Å²) < 4.78 is 30.3. The molecule has 0 saturated heterocycles. The van der Waals surface area contributed by atoms with Crippen molar-refractivity contribution >= 4 is 15.7 Å². The molecule has 6 heteroatoms. The third-order valence-electron chi connectivity index (χ3n) is 3.97. The molecule has 5 nitrogen and oxygen atoms in total. The lowest BCUT2D eigenvalue weighted by molar-refractivity contribution is 0.0935. The van der Waals surface area contributed by atoms with E-state index in [9.17, 15) is 13.2 Å². The number of rotatable bonds is 6. The Kier molecular flexibility index (Phi) is 5.23. The molecule has 0 radical (unpaired) electrons. The standard InChI is InChI=1S/C20H19NO4S/c1-15(19-11-6-12-25-19)21-20(22)17-8-5-7-16(13-17)14-26(23,24)18-9-3-2-4-10-18/h2-13,15H,14H2,1H3,(H,21,22). The fourth-order valence-corrected chi connectivity index (χ4v) is 3.98. The van der Waals surface area contributed by atoms with E-state index in [1.165, 1.54) is 0 Å². The van der Waals surface area contributed by atoms with Gasteiger partial charge in [-0.1, -0.05) is 30.3 Å². The first kappa shape index (κ1) is 17.9. The van der Waals surface area contributed by atoms with Crippen LogP contribution in [0.3, 0.4) is 0 Å². The maximum Gasteiger partial charge on any atom is 0.251 e. The minimum atomic E-state index is -3.46. The molecule has 0 saturated carbocycles. The van der Waals surface area contributed by atoms with Crippen molar-refractivity contribution < 1.29 is 17.6 Å². The summed E-state index contributed by atoms with van der Waals surface area (Å²) >= 11 is 0. The van der Waals surface area contributed by atoms with Gasteiger partial charge in [0.15, 0.2) is 9.84 Å². The first-order valence-electron chi connectivity index (χ1n) is 8.17. The smallest absolute Gasteiger partial charge is 0.251 e. The predicted octanol–water partition coefficient (Wildman–Crippen LogP) is 3.74. The van der Waals surface area contributed by atoms with Crippen LogP contribution in [0.15, 0.2) is 82.3 Å². The van der Waals surface area contributed by atoms with Gasteiger partial charge >= 0.3 is 0 Å². The lowest BCUT2D eigenvalue weighted by atomic mass is 10.1. The molecule has 134 valence electrons. The van der Waals surface area contributed by atoms with Gasteiger partial charge in [-0.25, -0.2) is 8.42 Å². The molecule has 0 spiro atoms. The van der Waals surface area contributed by atoms with Gasteiger partial charge in [-0.15, -0.1) is 0 Å². The van der Waals surface area contributed by atoms with Crippen LogP contribution in [0.2, 0.25) is 0 Å². The summed E-state index contributed by atoms with van der Waals surface area (Å²) in [4.78, 5) is 12.7. The number of sulfone groups is 1. The second kappa shape index (κ2) is 7.58. The van der Waals surface area contributed by atoms with Gasteiger partial charge in [0.25, 0.3) is 5.91 Å². The number of amides is 1. The summed E-state index contributed by atoms with van der Waals surface area (Å²) in [7, 11) is -3.46. The third kappa shape index (κ3) is 4.21. The highest BCUT2D eigenvalue weighted by Gasteiger charge is 2.17. The number of benzene rings is 2. The molecule has 0 aliphatic rings. The van der Waals surface area contributed by atoms with E-state index in [0.29, 0.717) is 16.9 Å². The highest BCUT2D eigenvalue weighted by molar-refractivity contribution is 7.90. The molecule has 0 fully saturated rings. The Hall–Kier alpha value is -2.86. The molecule has 1 unspecified atom stereocenters. The maximum atomic E-state index is 12.5. The summed E-state index contributed by atoms with van der Waals surface area (Å²) in [5, 5.41) is 2.84. The Morgan fingerprint density at radius 2 is 1.81 bits per heavy atom. The molecule has 0 aliphatic carbocycles. The topological polar surface area (TPSA) is 76.4 Å². The molecule has 0 bridgehead atoms. The van der Waals surface area contributed by atoms with Crippen LogP contribution in [-0.2, 0) is 15.6 Å². The Labute approximate surface area is 152 Å². The van der Waals surface area contributed by atoms with E-state index >= 15 is 0 Å². The Bertz CT molecular complexity index is 980. The fraction of sp³-hybridized carbons (Fsp3) is 0.150. The molecule has 1 aromatic heterocycles. The van der Waals surface area contributed by atoms with Crippen LogP contribution >= 0.6 is 0 Å². The van der Waals surface area contributed by atoms with E-state index in [-0.39, 0.29) is 22.6 Å².